The number of halogens is 8. The molecule has 2 aromatic heterocycles. The molecule has 0 aliphatic heterocycles. The van der Waals surface area contributed by atoms with Crippen LogP contribution in [-0.2, 0) is 12.4 Å². The summed E-state index contributed by atoms with van der Waals surface area (Å²) in [5.41, 5.74) is -6.17. The first kappa shape index (κ1) is 23.5. The Hall–Kier alpha value is -3.19. The SMILES string of the molecule is Nn1c(C(F)(F)F)cc(=O)n(-c2cc(Oc3ccc(C(F)(F)F)cn3)c(Cl)cc2Cl)c1=O. The van der Waals surface area contributed by atoms with Crippen LogP contribution in [-0.4, -0.2) is 14.2 Å². The highest BCUT2D eigenvalue weighted by Crippen LogP contribution is 2.36. The Morgan fingerprint density at radius 2 is 1.59 bits per heavy atom. The van der Waals surface area contributed by atoms with Gasteiger partial charge in [0.25, 0.3) is 5.56 Å². The van der Waals surface area contributed by atoms with Crippen LogP contribution in [0.3, 0.4) is 0 Å². The number of nitrogen functional groups attached to an aromatic ring is 1. The monoisotopic (exact) mass is 500 g/mol. The van der Waals surface area contributed by atoms with E-state index < -0.39 is 40.5 Å². The summed E-state index contributed by atoms with van der Waals surface area (Å²) < 4.78 is 82.0. The summed E-state index contributed by atoms with van der Waals surface area (Å²) in [6.45, 7) is 0. The number of hydrogen-bond acceptors (Lipinski definition) is 5. The van der Waals surface area contributed by atoms with Gasteiger partial charge in [-0.15, -0.1) is 0 Å². The van der Waals surface area contributed by atoms with E-state index in [-0.39, 0.29) is 37.0 Å². The summed E-state index contributed by atoms with van der Waals surface area (Å²) in [7, 11) is 0. The number of nitrogens with zero attached hydrogens (tertiary/aromatic N) is 3. The van der Waals surface area contributed by atoms with Crippen LogP contribution in [0.1, 0.15) is 11.3 Å². The molecule has 7 nitrogen and oxygen atoms in total. The number of ether oxygens (including phenoxy) is 1. The van der Waals surface area contributed by atoms with Crippen LogP contribution in [0.15, 0.2) is 46.1 Å². The Labute approximate surface area is 183 Å². The lowest BCUT2D eigenvalue weighted by molar-refractivity contribution is -0.143. The zero-order chi connectivity index (χ0) is 24.0. The molecule has 3 rings (SSSR count). The van der Waals surface area contributed by atoms with Gasteiger partial charge in [-0.3, -0.25) is 4.79 Å². The maximum Gasteiger partial charge on any atom is 0.433 e. The molecule has 0 aliphatic carbocycles. The molecule has 0 saturated carbocycles. The minimum atomic E-state index is -5.08. The molecule has 0 radical (unpaired) electrons. The Bertz CT molecular complexity index is 1300. The van der Waals surface area contributed by atoms with E-state index >= 15 is 0 Å². The van der Waals surface area contributed by atoms with Crippen molar-refractivity contribution < 1.29 is 31.1 Å². The lowest BCUT2D eigenvalue weighted by atomic mass is 10.2. The van der Waals surface area contributed by atoms with Gasteiger partial charge in [0.15, 0.2) is 5.69 Å². The van der Waals surface area contributed by atoms with Crippen molar-refractivity contribution in [3.8, 4) is 17.3 Å². The highest BCUT2D eigenvalue weighted by Gasteiger charge is 2.36. The number of nitrogens with two attached hydrogens (primary N) is 1. The third kappa shape index (κ3) is 4.53. The van der Waals surface area contributed by atoms with Gasteiger partial charge in [-0.05, 0) is 12.1 Å². The maximum absolute atomic E-state index is 13.0. The molecule has 2 heterocycles. The summed E-state index contributed by atoms with van der Waals surface area (Å²) in [5, 5.41) is -0.532. The number of rotatable bonds is 3. The molecule has 2 N–H and O–H groups in total. The molecule has 0 aliphatic rings. The standard InChI is InChI=1S/C17H8Cl2F6N4O3/c18-8-3-9(19)11(32-13-2-1-7(6-27-13)16(20,21)22)4-10(8)28-14(30)5-12(17(23,24)25)29(26)15(28)31/h1-6H,26H2. The summed E-state index contributed by atoms with van der Waals surface area (Å²) in [4.78, 5) is 28.1. The first-order valence-electron chi connectivity index (χ1n) is 8.12. The predicted molar refractivity (Wildman–Crippen MR) is 101 cm³/mol. The fraction of sp³-hybridized carbons (Fsp3) is 0.118. The van der Waals surface area contributed by atoms with Crippen LogP contribution in [0.25, 0.3) is 5.69 Å². The molecular weight excluding hydrogens is 493 g/mol. The molecule has 0 spiro atoms. The second-order valence-electron chi connectivity index (χ2n) is 6.07. The van der Waals surface area contributed by atoms with Crippen LogP contribution in [0.4, 0.5) is 26.3 Å². The zero-order valence-corrected chi connectivity index (χ0v) is 16.6. The molecule has 170 valence electrons. The molecule has 0 unspecified atom stereocenters. The van der Waals surface area contributed by atoms with Crippen LogP contribution in [0, 0.1) is 0 Å². The largest absolute Gasteiger partial charge is 0.437 e. The second kappa shape index (κ2) is 8.06. The third-order valence-electron chi connectivity index (χ3n) is 3.95. The van der Waals surface area contributed by atoms with Crippen molar-refractivity contribution in [2.75, 3.05) is 5.84 Å². The maximum atomic E-state index is 13.0. The average molecular weight is 501 g/mol. The molecule has 0 amide bonds. The van der Waals surface area contributed by atoms with Crippen molar-refractivity contribution in [1.82, 2.24) is 14.2 Å². The fourth-order valence-corrected chi connectivity index (χ4v) is 2.99. The van der Waals surface area contributed by atoms with Crippen LogP contribution >= 0.6 is 23.2 Å². The van der Waals surface area contributed by atoms with E-state index in [0.717, 1.165) is 18.2 Å². The fourth-order valence-electron chi connectivity index (χ4n) is 2.49. The van der Waals surface area contributed by atoms with Crippen molar-refractivity contribution in [2.24, 2.45) is 0 Å². The molecule has 1 aromatic carbocycles. The Morgan fingerprint density at radius 1 is 0.938 bits per heavy atom. The molecule has 0 bridgehead atoms. The topological polar surface area (TPSA) is 92.1 Å². The summed E-state index contributed by atoms with van der Waals surface area (Å²) in [6.07, 6.45) is -9.23. The number of pyridine rings is 1. The molecule has 3 aromatic rings. The van der Waals surface area contributed by atoms with Crippen molar-refractivity contribution in [3.05, 3.63) is 78.7 Å². The van der Waals surface area contributed by atoms with E-state index in [4.69, 9.17) is 33.8 Å². The first-order valence-corrected chi connectivity index (χ1v) is 8.87. The summed E-state index contributed by atoms with van der Waals surface area (Å²) in [6, 6.07) is 3.57. The van der Waals surface area contributed by atoms with Gasteiger partial charge >= 0.3 is 18.0 Å². The van der Waals surface area contributed by atoms with E-state index in [2.05, 4.69) is 4.98 Å². The van der Waals surface area contributed by atoms with Crippen molar-refractivity contribution in [2.45, 2.75) is 12.4 Å². The van der Waals surface area contributed by atoms with Gasteiger partial charge in [-0.2, -0.15) is 26.3 Å². The summed E-state index contributed by atoms with van der Waals surface area (Å²) >= 11 is 12.0. The van der Waals surface area contributed by atoms with Gasteiger partial charge in [-0.25, -0.2) is 19.0 Å². The van der Waals surface area contributed by atoms with E-state index in [1.54, 1.807) is 0 Å². The Morgan fingerprint density at radius 3 is 2.12 bits per heavy atom. The van der Waals surface area contributed by atoms with Gasteiger partial charge in [-0.1, -0.05) is 23.2 Å². The quantitative estimate of drug-likeness (QED) is 0.428. The van der Waals surface area contributed by atoms with Gasteiger partial charge in [0.2, 0.25) is 5.88 Å². The van der Waals surface area contributed by atoms with E-state index in [1.807, 2.05) is 0 Å². The smallest absolute Gasteiger partial charge is 0.433 e. The van der Waals surface area contributed by atoms with Crippen LogP contribution < -0.4 is 21.8 Å². The number of aromatic nitrogens is 3. The molecule has 0 atom stereocenters. The number of alkyl halides is 6. The van der Waals surface area contributed by atoms with Crippen LogP contribution in [0.2, 0.25) is 10.0 Å². The number of benzene rings is 1. The lowest BCUT2D eigenvalue weighted by Gasteiger charge is -2.15. The molecular formula is C17H8Cl2F6N4O3. The second-order valence-corrected chi connectivity index (χ2v) is 6.89. The van der Waals surface area contributed by atoms with Crippen molar-refractivity contribution in [3.63, 3.8) is 0 Å². The molecule has 32 heavy (non-hydrogen) atoms. The van der Waals surface area contributed by atoms with E-state index in [9.17, 15) is 35.9 Å². The van der Waals surface area contributed by atoms with Crippen LogP contribution in [0.5, 0.6) is 11.6 Å². The van der Waals surface area contributed by atoms with Gasteiger partial charge in [0, 0.05) is 24.4 Å². The highest BCUT2D eigenvalue weighted by molar-refractivity contribution is 6.36. The normalized spacial score (nSPS) is 12.1. The van der Waals surface area contributed by atoms with Crippen molar-refractivity contribution >= 4 is 23.2 Å². The van der Waals surface area contributed by atoms with Gasteiger partial charge < -0.3 is 10.6 Å². The average Bonchev–Trinajstić information content (AvgIpc) is 2.67. The third-order valence-corrected chi connectivity index (χ3v) is 4.55. The summed E-state index contributed by atoms with van der Waals surface area (Å²) in [5.74, 6) is 4.53. The van der Waals surface area contributed by atoms with Gasteiger partial charge in [0.05, 0.1) is 21.3 Å². The molecule has 15 heteroatoms. The Balaban J connectivity index is 2.10. The Kier molecular flexibility index (Phi) is 5.91. The van der Waals surface area contributed by atoms with E-state index in [1.165, 1.54) is 0 Å². The molecule has 0 saturated heterocycles. The molecule has 0 fully saturated rings. The lowest BCUT2D eigenvalue weighted by Crippen LogP contribution is -2.45. The van der Waals surface area contributed by atoms with Crippen molar-refractivity contribution in [1.29, 1.82) is 0 Å². The minimum Gasteiger partial charge on any atom is -0.437 e. The zero-order valence-electron chi connectivity index (χ0n) is 15.1. The highest BCUT2D eigenvalue weighted by atomic mass is 35.5. The minimum absolute atomic E-state index is 0.0876. The van der Waals surface area contributed by atoms with E-state index in [0.29, 0.717) is 12.3 Å². The first-order chi connectivity index (χ1) is 14.7. The van der Waals surface area contributed by atoms with Gasteiger partial charge in [0.1, 0.15) is 5.75 Å². The number of hydrogen-bond donors (Lipinski definition) is 1. The predicted octanol–water partition coefficient (Wildman–Crippen LogP) is 4.24.